The fourth-order valence-electron chi connectivity index (χ4n) is 4.49. The number of hydrogen-bond acceptors (Lipinski definition) is 7. The number of hydrogen-bond donors (Lipinski definition) is 1. The largest absolute Gasteiger partial charge is 0.515 e. The molecule has 2 aliphatic rings. The zero-order valence-corrected chi connectivity index (χ0v) is 15.5. The number of ether oxygens (including phenoxy) is 2. The maximum Gasteiger partial charge on any atom is 0.376 e. The molecule has 3 atom stereocenters. The SMILES string of the molecule is CCOC(=O)c1nc(OC)c2c(n1)[C@@]1(C)C/C(=C/O)C(=O)[C@@H](C)[C@@H]1CC2. The van der Waals surface area contributed by atoms with Gasteiger partial charge in [-0.3, -0.25) is 4.79 Å². The van der Waals surface area contributed by atoms with Crippen molar-refractivity contribution in [2.45, 2.75) is 45.4 Å². The standard InChI is InChI=1S/C19H24N2O5/c1-5-26-18(24)16-20-15-12(17(21-16)25-4)6-7-13-10(2)14(23)11(9-22)8-19(13,15)3/h9-10,13,22H,5-8H2,1-4H3/b11-9-/t10-,13-,19-/m0/s1. The van der Waals surface area contributed by atoms with Crippen LogP contribution in [0.1, 0.15) is 55.5 Å². The van der Waals surface area contributed by atoms with E-state index in [9.17, 15) is 14.7 Å². The Bertz CT molecular complexity index is 788. The lowest BCUT2D eigenvalue weighted by atomic mass is 9.55. The van der Waals surface area contributed by atoms with Crippen LogP contribution < -0.4 is 4.74 Å². The van der Waals surface area contributed by atoms with Gasteiger partial charge in [-0.05, 0) is 32.1 Å². The minimum Gasteiger partial charge on any atom is -0.515 e. The Morgan fingerprint density at radius 2 is 2.15 bits per heavy atom. The zero-order chi connectivity index (χ0) is 19.1. The average Bonchev–Trinajstić information content (AvgIpc) is 2.64. The Hall–Kier alpha value is -2.44. The first kappa shape index (κ1) is 18.4. The Kier molecular flexibility index (Phi) is 4.73. The maximum atomic E-state index is 12.5. The molecule has 0 aliphatic heterocycles. The number of aliphatic hydroxyl groups excluding tert-OH is 1. The van der Waals surface area contributed by atoms with Gasteiger partial charge in [-0.25, -0.2) is 9.78 Å². The van der Waals surface area contributed by atoms with Crippen LogP contribution in [0.3, 0.4) is 0 Å². The van der Waals surface area contributed by atoms with Crippen LogP contribution in [-0.4, -0.2) is 40.5 Å². The monoisotopic (exact) mass is 360 g/mol. The van der Waals surface area contributed by atoms with Crippen LogP contribution in [0.5, 0.6) is 5.88 Å². The lowest BCUT2D eigenvalue weighted by molar-refractivity contribution is -0.124. The van der Waals surface area contributed by atoms with Crippen LogP contribution in [0, 0.1) is 11.8 Å². The summed E-state index contributed by atoms with van der Waals surface area (Å²) >= 11 is 0. The third-order valence-corrected chi connectivity index (χ3v) is 5.73. The number of carbonyl (C=O) groups excluding carboxylic acids is 2. The predicted octanol–water partition coefficient (Wildman–Crippen LogP) is 2.53. The molecule has 0 amide bonds. The van der Waals surface area contributed by atoms with E-state index in [0.29, 0.717) is 30.0 Å². The lowest BCUT2D eigenvalue weighted by Crippen LogP contribution is -2.48. The second-order valence-electron chi connectivity index (χ2n) is 7.15. The number of fused-ring (bicyclic) bond motifs is 3. The Labute approximate surface area is 152 Å². The summed E-state index contributed by atoms with van der Waals surface area (Å²) < 4.78 is 10.5. The molecule has 1 heterocycles. The molecular weight excluding hydrogens is 336 g/mol. The fraction of sp³-hybridized carbons (Fsp3) is 0.579. The van der Waals surface area contributed by atoms with Gasteiger partial charge in [0.2, 0.25) is 11.7 Å². The van der Waals surface area contributed by atoms with Crippen LogP contribution in [0.2, 0.25) is 0 Å². The van der Waals surface area contributed by atoms with Crippen molar-refractivity contribution in [3.8, 4) is 5.88 Å². The maximum absolute atomic E-state index is 12.5. The number of carbonyl (C=O) groups is 2. The van der Waals surface area contributed by atoms with Crippen LogP contribution in [-0.2, 0) is 21.4 Å². The van der Waals surface area contributed by atoms with Gasteiger partial charge in [-0.1, -0.05) is 13.8 Å². The molecule has 26 heavy (non-hydrogen) atoms. The summed E-state index contributed by atoms with van der Waals surface area (Å²) in [6, 6.07) is 0. The first-order valence-electron chi connectivity index (χ1n) is 8.87. The summed E-state index contributed by atoms with van der Waals surface area (Å²) in [7, 11) is 1.51. The molecule has 1 aromatic rings. The molecule has 0 bridgehead atoms. The van der Waals surface area contributed by atoms with E-state index in [0.717, 1.165) is 18.2 Å². The van der Waals surface area contributed by atoms with E-state index in [4.69, 9.17) is 9.47 Å². The highest BCUT2D eigenvalue weighted by Gasteiger charge is 2.52. The number of Topliss-reactive ketones (excluding diaryl/α,β-unsaturated/α-hetero) is 1. The lowest BCUT2D eigenvalue weighted by Gasteiger charge is -2.48. The molecule has 7 nitrogen and oxygen atoms in total. The van der Waals surface area contributed by atoms with Crippen molar-refractivity contribution in [3.05, 3.63) is 28.9 Å². The highest BCUT2D eigenvalue weighted by Crippen LogP contribution is 2.52. The number of nitrogens with zero attached hydrogens (tertiary/aromatic N) is 2. The van der Waals surface area contributed by atoms with E-state index in [1.807, 2.05) is 13.8 Å². The van der Waals surface area contributed by atoms with Gasteiger partial charge in [-0.2, -0.15) is 4.98 Å². The Morgan fingerprint density at radius 3 is 2.77 bits per heavy atom. The topological polar surface area (TPSA) is 98.6 Å². The summed E-state index contributed by atoms with van der Waals surface area (Å²) in [6.07, 6.45) is 2.75. The first-order chi connectivity index (χ1) is 12.4. The normalized spacial score (nSPS) is 29.1. The van der Waals surface area contributed by atoms with Crippen molar-refractivity contribution in [2.75, 3.05) is 13.7 Å². The predicted molar refractivity (Wildman–Crippen MR) is 93.2 cm³/mol. The van der Waals surface area contributed by atoms with Crippen molar-refractivity contribution >= 4 is 11.8 Å². The summed E-state index contributed by atoms with van der Waals surface area (Å²) in [6.45, 7) is 5.87. The number of aromatic nitrogens is 2. The summed E-state index contributed by atoms with van der Waals surface area (Å²) in [5.41, 5.74) is 1.47. The van der Waals surface area contributed by atoms with Gasteiger partial charge in [-0.15, -0.1) is 0 Å². The van der Waals surface area contributed by atoms with Gasteiger partial charge in [0.05, 0.1) is 25.7 Å². The first-order valence-corrected chi connectivity index (χ1v) is 8.87. The van der Waals surface area contributed by atoms with Gasteiger partial charge >= 0.3 is 5.97 Å². The molecule has 1 fully saturated rings. The molecule has 1 aromatic heterocycles. The molecular formula is C19H24N2O5. The smallest absolute Gasteiger partial charge is 0.376 e. The third-order valence-electron chi connectivity index (χ3n) is 5.73. The molecule has 1 saturated carbocycles. The summed E-state index contributed by atoms with van der Waals surface area (Å²) in [5.74, 6) is -0.449. The van der Waals surface area contributed by atoms with Crippen LogP contribution in [0.25, 0.3) is 0 Å². The molecule has 0 spiro atoms. The minimum absolute atomic E-state index is 0.0231. The average molecular weight is 360 g/mol. The summed E-state index contributed by atoms with van der Waals surface area (Å²) in [4.78, 5) is 33.4. The Balaban J connectivity index is 2.17. The molecule has 7 heteroatoms. The van der Waals surface area contributed by atoms with Gasteiger partial charge in [0.15, 0.2) is 5.78 Å². The third kappa shape index (κ3) is 2.66. The second-order valence-corrected chi connectivity index (χ2v) is 7.15. The van der Waals surface area contributed by atoms with Crippen molar-refractivity contribution < 1.29 is 24.2 Å². The van der Waals surface area contributed by atoms with Crippen LogP contribution in [0.15, 0.2) is 11.8 Å². The molecule has 2 aliphatic carbocycles. The van der Waals surface area contributed by atoms with Crippen LogP contribution >= 0.6 is 0 Å². The quantitative estimate of drug-likeness (QED) is 0.502. The van der Waals surface area contributed by atoms with Gasteiger partial charge in [0.1, 0.15) is 0 Å². The van der Waals surface area contributed by atoms with E-state index in [-0.39, 0.29) is 30.1 Å². The van der Waals surface area contributed by atoms with Gasteiger partial charge < -0.3 is 14.6 Å². The highest BCUT2D eigenvalue weighted by molar-refractivity contribution is 5.98. The van der Waals surface area contributed by atoms with E-state index >= 15 is 0 Å². The molecule has 0 radical (unpaired) electrons. The molecule has 3 rings (SSSR count). The molecule has 0 aromatic carbocycles. The van der Waals surface area contributed by atoms with Gasteiger partial charge in [0.25, 0.3) is 0 Å². The number of esters is 1. The van der Waals surface area contributed by atoms with Crippen molar-refractivity contribution in [1.29, 1.82) is 0 Å². The number of aliphatic hydroxyl groups is 1. The highest BCUT2D eigenvalue weighted by atomic mass is 16.5. The Morgan fingerprint density at radius 1 is 1.42 bits per heavy atom. The molecule has 140 valence electrons. The second kappa shape index (κ2) is 6.70. The van der Waals surface area contributed by atoms with Crippen LogP contribution in [0.4, 0.5) is 0 Å². The fourth-order valence-corrected chi connectivity index (χ4v) is 4.49. The molecule has 1 N–H and O–H groups in total. The van der Waals surface area contributed by atoms with E-state index in [1.54, 1.807) is 6.92 Å². The van der Waals surface area contributed by atoms with E-state index < -0.39 is 11.4 Å². The molecule has 0 saturated heterocycles. The number of ketones is 1. The van der Waals surface area contributed by atoms with Crippen molar-refractivity contribution in [1.82, 2.24) is 9.97 Å². The zero-order valence-electron chi connectivity index (χ0n) is 15.5. The van der Waals surface area contributed by atoms with Crippen molar-refractivity contribution in [2.24, 2.45) is 11.8 Å². The van der Waals surface area contributed by atoms with E-state index in [2.05, 4.69) is 9.97 Å². The molecule has 0 unspecified atom stereocenters. The van der Waals surface area contributed by atoms with Crippen molar-refractivity contribution in [3.63, 3.8) is 0 Å². The van der Waals surface area contributed by atoms with Gasteiger partial charge in [0, 0.05) is 22.5 Å². The number of methoxy groups -OCH3 is 1. The summed E-state index contributed by atoms with van der Waals surface area (Å²) in [5, 5.41) is 9.53. The number of allylic oxidation sites excluding steroid dienone is 1. The van der Waals surface area contributed by atoms with E-state index in [1.165, 1.54) is 7.11 Å². The number of rotatable bonds is 3. The minimum atomic E-state index is -0.600.